The van der Waals surface area contributed by atoms with Crippen LogP contribution in [0.2, 0.25) is 0 Å². The third-order valence-electron chi connectivity index (χ3n) is 2.11. The summed E-state index contributed by atoms with van der Waals surface area (Å²) >= 11 is 0. The van der Waals surface area contributed by atoms with Gasteiger partial charge in [0.2, 0.25) is 0 Å². The molecular formula is C11H13ClN2O. The van der Waals surface area contributed by atoms with Crippen molar-refractivity contribution in [3.63, 3.8) is 0 Å². The smallest absolute Gasteiger partial charge is 0.150 e. The lowest BCUT2D eigenvalue weighted by atomic mass is 10.1. The predicted octanol–water partition coefficient (Wildman–Crippen LogP) is 2.53. The number of hydrogen-bond acceptors (Lipinski definition) is 3. The van der Waals surface area contributed by atoms with Gasteiger partial charge in [-0.2, -0.15) is 0 Å². The standard InChI is InChI=1S/C11H12N2O.ClH/c1-8-2-4-9(5-3-8)11-6-10(7-12)14-13-11;/h2-6H,7,12H2,1H3;1H. The molecule has 0 fully saturated rings. The van der Waals surface area contributed by atoms with E-state index in [1.54, 1.807) is 0 Å². The third kappa shape index (κ3) is 2.58. The van der Waals surface area contributed by atoms with E-state index in [9.17, 15) is 0 Å². The van der Waals surface area contributed by atoms with Gasteiger partial charge in [0.25, 0.3) is 0 Å². The fourth-order valence-corrected chi connectivity index (χ4v) is 1.27. The summed E-state index contributed by atoms with van der Waals surface area (Å²) in [6.07, 6.45) is 0. The molecule has 0 atom stereocenters. The van der Waals surface area contributed by atoms with Gasteiger partial charge in [-0.15, -0.1) is 12.4 Å². The first-order valence-electron chi connectivity index (χ1n) is 4.52. The van der Waals surface area contributed by atoms with Gasteiger partial charge in [0, 0.05) is 11.6 Å². The number of rotatable bonds is 2. The normalized spacial score (nSPS) is 9.73. The van der Waals surface area contributed by atoms with Gasteiger partial charge in [0.05, 0.1) is 6.54 Å². The molecule has 0 saturated carbocycles. The molecule has 0 unspecified atom stereocenters. The Morgan fingerprint density at radius 1 is 1.27 bits per heavy atom. The number of aromatic nitrogens is 1. The van der Waals surface area contributed by atoms with Crippen LogP contribution in [0.5, 0.6) is 0 Å². The van der Waals surface area contributed by atoms with Gasteiger partial charge in [0.1, 0.15) is 5.69 Å². The third-order valence-corrected chi connectivity index (χ3v) is 2.11. The highest BCUT2D eigenvalue weighted by Crippen LogP contribution is 2.19. The van der Waals surface area contributed by atoms with Gasteiger partial charge in [-0.3, -0.25) is 0 Å². The number of hydrogen-bond donors (Lipinski definition) is 1. The molecule has 0 bridgehead atoms. The molecule has 1 heterocycles. The maximum Gasteiger partial charge on any atom is 0.150 e. The van der Waals surface area contributed by atoms with Crippen LogP contribution >= 0.6 is 12.4 Å². The molecule has 2 N–H and O–H groups in total. The lowest BCUT2D eigenvalue weighted by Crippen LogP contribution is -1.92. The summed E-state index contributed by atoms with van der Waals surface area (Å²) in [7, 11) is 0. The van der Waals surface area contributed by atoms with Crippen molar-refractivity contribution in [3.8, 4) is 11.3 Å². The van der Waals surface area contributed by atoms with E-state index in [1.165, 1.54) is 5.56 Å². The van der Waals surface area contributed by atoms with E-state index < -0.39 is 0 Å². The molecule has 0 aliphatic heterocycles. The Morgan fingerprint density at radius 3 is 2.47 bits per heavy atom. The fourth-order valence-electron chi connectivity index (χ4n) is 1.27. The van der Waals surface area contributed by atoms with Crippen molar-refractivity contribution < 1.29 is 4.52 Å². The van der Waals surface area contributed by atoms with Crippen LogP contribution in [0.25, 0.3) is 11.3 Å². The van der Waals surface area contributed by atoms with Crippen molar-refractivity contribution in [2.75, 3.05) is 0 Å². The van der Waals surface area contributed by atoms with Gasteiger partial charge in [-0.1, -0.05) is 35.0 Å². The molecule has 1 aromatic heterocycles. The summed E-state index contributed by atoms with van der Waals surface area (Å²) in [5.74, 6) is 0.709. The van der Waals surface area contributed by atoms with Gasteiger partial charge in [-0.05, 0) is 6.92 Å². The van der Waals surface area contributed by atoms with Crippen molar-refractivity contribution in [1.29, 1.82) is 0 Å². The number of aryl methyl sites for hydroxylation is 1. The minimum absolute atomic E-state index is 0. The quantitative estimate of drug-likeness (QED) is 0.853. The molecule has 0 aliphatic rings. The molecule has 0 saturated heterocycles. The predicted molar refractivity (Wildman–Crippen MR) is 61.8 cm³/mol. The monoisotopic (exact) mass is 224 g/mol. The summed E-state index contributed by atoms with van der Waals surface area (Å²) < 4.78 is 5.02. The molecule has 2 rings (SSSR count). The molecule has 0 aliphatic carbocycles. The molecule has 3 nitrogen and oxygen atoms in total. The zero-order valence-electron chi connectivity index (χ0n) is 8.43. The topological polar surface area (TPSA) is 52.0 Å². The largest absolute Gasteiger partial charge is 0.359 e. The van der Waals surface area contributed by atoms with Crippen LogP contribution in [0, 0.1) is 6.92 Å². The first-order valence-corrected chi connectivity index (χ1v) is 4.52. The highest BCUT2D eigenvalue weighted by atomic mass is 35.5. The number of nitrogens with zero attached hydrogens (tertiary/aromatic N) is 1. The van der Waals surface area contributed by atoms with Crippen LogP contribution in [-0.2, 0) is 6.54 Å². The summed E-state index contributed by atoms with van der Waals surface area (Å²) in [5.41, 5.74) is 8.56. The van der Waals surface area contributed by atoms with Gasteiger partial charge in [0.15, 0.2) is 5.76 Å². The Kier molecular flexibility index (Phi) is 3.88. The number of nitrogens with two attached hydrogens (primary N) is 1. The van der Waals surface area contributed by atoms with E-state index in [-0.39, 0.29) is 12.4 Å². The second-order valence-corrected chi connectivity index (χ2v) is 3.25. The zero-order chi connectivity index (χ0) is 9.97. The molecular weight excluding hydrogens is 212 g/mol. The van der Waals surface area contributed by atoms with Crippen LogP contribution in [0.4, 0.5) is 0 Å². The zero-order valence-corrected chi connectivity index (χ0v) is 9.25. The minimum Gasteiger partial charge on any atom is -0.359 e. The maximum absolute atomic E-state index is 5.43. The van der Waals surface area contributed by atoms with E-state index in [2.05, 4.69) is 12.1 Å². The average molecular weight is 225 g/mol. The molecule has 4 heteroatoms. The first kappa shape index (κ1) is 11.8. The number of halogens is 1. The molecule has 2 aromatic rings. The van der Waals surface area contributed by atoms with Crippen molar-refractivity contribution in [2.45, 2.75) is 13.5 Å². The van der Waals surface area contributed by atoms with Crippen molar-refractivity contribution >= 4 is 12.4 Å². The second-order valence-electron chi connectivity index (χ2n) is 3.25. The Labute approximate surface area is 94.7 Å². The first-order chi connectivity index (χ1) is 6.79. The molecule has 0 radical (unpaired) electrons. The van der Waals surface area contributed by atoms with E-state index in [0.29, 0.717) is 12.3 Å². The van der Waals surface area contributed by atoms with Gasteiger partial charge in [-0.25, -0.2) is 0 Å². The van der Waals surface area contributed by atoms with Crippen LogP contribution in [-0.4, -0.2) is 5.16 Å². The Bertz CT molecular complexity index is 422. The SMILES string of the molecule is Cc1ccc(-c2cc(CN)on2)cc1.Cl. The van der Waals surface area contributed by atoms with E-state index in [0.717, 1.165) is 11.3 Å². The second kappa shape index (κ2) is 4.96. The van der Waals surface area contributed by atoms with Crippen molar-refractivity contribution in [2.24, 2.45) is 5.73 Å². The van der Waals surface area contributed by atoms with Crippen LogP contribution in [0.15, 0.2) is 34.9 Å². The molecule has 15 heavy (non-hydrogen) atoms. The summed E-state index contributed by atoms with van der Waals surface area (Å²) in [5, 5.41) is 3.93. The highest BCUT2D eigenvalue weighted by Gasteiger charge is 2.04. The van der Waals surface area contributed by atoms with Crippen molar-refractivity contribution in [3.05, 3.63) is 41.7 Å². The van der Waals surface area contributed by atoms with E-state index >= 15 is 0 Å². The van der Waals surface area contributed by atoms with Crippen LogP contribution in [0.3, 0.4) is 0 Å². The minimum atomic E-state index is 0. The highest BCUT2D eigenvalue weighted by molar-refractivity contribution is 5.85. The van der Waals surface area contributed by atoms with Crippen LogP contribution < -0.4 is 5.73 Å². The lowest BCUT2D eigenvalue weighted by Gasteiger charge is -1.95. The van der Waals surface area contributed by atoms with E-state index in [1.807, 2.05) is 30.3 Å². The maximum atomic E-state index is 5.43. The average Bonchev–Trinajstić information content (AvgIpc) is 2.67. The molecule has 0 amide bonds. The Balaban J connectivity index is 0.00000112. The summed E-state index contributed by atoms with van der Waals surface area (Å²) in [4.78, 5) is 0. The van der Waals surface area contributed by atoms with Crippen LogP contribution in [0.1, 0.15) is 11.3 Å². The van der Waals surface area contributed by atoms with Gasteiger partial charge < -0.3 is 10.3 Å². The van der Waals surface area contributed by atoms with Gasteiger partial charge >= 0.3 is 0 Å². The van der Waals surface area contributed by atoms with E-state index in [4.69, 9.17) is 10.3 Å². The summed E-state index contributed by atoms with van der Waals surface area (Å²) in [6.45, 7) is 2.44. The number of benzene rings is 1. The lowest BCUT2D eigenvalue weighted by molar-refractivity contribution is 0.387. The summed E-state index contributed by atoms with van der Waals surface area (Å²) in [6, 6.07) is 10.0. The molecule has 1 aromatic carbocycles. The molecule has 80 valence electrons. The Hall–Kier alpha value is -1.32. The Morgan fingerprint density at radius 2 is 1.93 bits per heavy atom. The van der Waals surface area contributed by atoms with Crippen molar-refractivity contribution in [1.82, 2.24) is 5.16 Å². The fraction of sp³-hybridized carbons (Fsp3) is 0.182. The molecule has 0 spiro atoms.